The first-order chi connectivity index (χ1) is 8.39. The van der Waals surface area contributed by atoms with Crippen molar-refractivity contribution in [3.8, 4) is 0 Å². The fraction of sp³-hybridized carbons (Fsp3) is 0.417. The van der Waals surface area contributed by atoms with E-state index in [0.717, 1.165) is 0 Å². The van der Waals surface area contributed by atoms with Gasteiger partial charge in [0.1, 0.15) is 0 Å². The molecule has 0 fully saturated rings. The zero-order valence-electron chi connectivity index (χ0n) is 10.3. The number of amides is 1. The number of carboxylic acids is 1. The van der Waals surface area contributed by atoms with Crippen molar-refractivity contribution in [1.82, 2.24) is 10.3 Å². The molecule has 1 amide bonds. The van der Waals surface area contributed by atoms with Crippen LogP contribution in [0.4, 0.5) is 0 Å². The van der Waals surface area contributed by atoms with Crippen LogP contribution in [0.15, 0.2) is 23.1 Å². The Hall–Kier alpha value is -2.11. The minimum atomic E-state index is -1.00. The number of nitrogens with one attached hydrogen (secondary N) is 2. The Morgan fingerprint density at radius 2 is 2.17 bits per heavy atom. The number of rotatable bonds is 5. The van der Waals surface area contributed by atoms with Gasteiger partial charge in [-0.25, -0.2) is 0 Å². The first-order valence-electron chi connectivity index (χ1n) is 5.59. The second-order valence-electron chi connectivity index (χ2n) is 4.34. The van der Waals surface area contributed by atoms with Crippen LogP contribution in [0, 0.1) is 5.41 Å². The van der Waals surface area contributed by atoms with E-state index in [2.05, 4.69) is 10.3 Å². The van der Waals surface area contributed by atoms with Gasteiger partial charge in [-0.3, -0.25) is 14.4 Å². The Balaban J connectivity index is 2.72. The number of hydrogen-bond acceptors (Lipinski definition) is 3. The molecule has 0 spiro atoms. The maximum atomic E-state index is 11.7. The van der Waals surface area contributed by atoms with Crippen LogP contribution in [0.1, 0.15) is 30.6 Å². The first-order valence-corrected chi connectivity index (χ1v) is 5.59. The molecule has 18 heavy (non-hydrogen) atoms. The van der Waals surface area contributed by atoms with Gasteiger partial charge in [-0.15, -0.1) is 0 Å². The van der Waals surface area contributed by atoms with Crippen LogP contribution in [0.25, 0.3) is 0 Å². The van der Waals surface area contributed by atoms with Gasteiger partial charge in [-0.2, -0.15) is 0 Å². The lowest BCUT2D eigenvalue weighted by molar-refractivity contribution is -0.147. The molecule has 6 nitrogen and oxygen atoms in total. The summed E-state index contributed by atoms with van der Waals surface area (Å²) in [5.41, 5.74) is -1.17. The Morgan fingerprint density at radius 1 is 1.50 bits per heavy atom. The quantitative estimate of drug-likeness (QED) is 0.714. The third-order valence-corrected chi connectivity index (χ3v) is 2.97. The summed E-state index contributed by atoms with van der Waals surface area (Å²) in [6.45, 7) is 3.32. The summed E-state index contributed by atoms with van der Waals surface area (Å²) in [6.07, 6.45) is 1.77. The van der Waals surface area contributed by atoms with Gasteiger partial charge >= 0.3 is 5.97 Å². The average molecular weight is 252 g/mol. The van der Waals surface area contributed by atoms with Gasteiger partial charge in [0.25, 0.3) is 5.91 Å². The van der Waals surface area contributed by atoms with Crippen molar-refractivity contribution in [3.63, 3.8) is 0 Å². The number of carboxylic acid groups (broad SMARTS) is 1. The van der Waals surface area contributed by atoms with Crippen LogP contribution in [0.5, 0.6) is 0 Å². The molecule has 1 atom stereocenters. The average Bonchev–Trinajstić information content (AvgIpc) is 2.35. The van der Waals surface area contributed by atoms with E-state index in [1.165, 1.54) is 18.3 Å². The molecule has 0 radical (unpaired) electrons. The summed E-state index contributed by atoms with van der Waals surface area (Å²) in [6, 6.07) is 2.63. The minimum Gasteiger partial charge on any atom is -0.481 e. The largest absolute Gasteiger partial charge is 0.481 e. The van der Waals surface area contributed by atoms with Crippen LogP contribution in [-0.2, 0) is 4.79 Å². The second kappa shape index (κ2) is 5.48. The number of pyridine rings is 1. The fourth-order valence-electron chi connectivity index (χ4n) is 1.32. The van der Waals surface area contributed by atoms with Crippen LogP contribution in [0.3, 0.4) is 0 Å². The Bertz CT molecular complexity index is 509. The lowest BCUT2D eigenvalue weighted by Crippen LogP contribution is -2.40. The third kappa shape index (κ3) is 3.19. The Morgan fingerprint density at radius 3 is 2.67 bits per heavy atom. The van der Waals surface area contributed by atoms with Crippen molar-refractivity contribution in [2.24, 2.45) is 5.41 Å². The van der Waals surface area contributed by atoms with Gasteiger partial charge < -0.3 is 15.4 Å². The third-order valence-electron chi connectivity index (χ3n) is 2.97. The molecule has 1 rings (SSSR count). The number of H-pyrrole nitrogens is 1. The van der Waals surface area contributed by atoms with E-state index >= 15 is 0 Å². The minimum absolute atomic E-state index is 0.0183. The van der Waals surface area contributed by atoms with Gasteiger partial charge in [0.2, 0.25) is 5.56 Å². The molecule has 6 heteroatoms. The highest BCUT2D eigenvalue weighted by atomic mass is 16.4. The van der Waals surface area contributed by atoms with Crippen molar-refractivity contribution in [3.05, 3.63) is 34.2 Å². The number of carbonyl (C=O) groups is 2. The number of aromatic nitrogens is 1. The predicted molar refractivity (Wildman–Crippen MR) is 65.4 cm³/mol. The van der Waals surface area contributed by atoms with E-state index in [4.69, 9.17) is 5.11 Å². The van der Waals surface area contributed by atoms with E-state index in [-0.39, 0.29) is 17.7 Å². The van der Waals surface area contributed by atoms with E-state index in [9.17, 15) is 14.4 Å². The van der Waals surface area contributed by atoms with Gasteiger partial charge in [-0.05, 0) is 19.4 Å². The second-order valence-corrected chi connectivity index (χ2v) is 4.34. The van der Waals surface area contributed by atoms with Crippen LogP contribution >= 0.6 is 0 Å². The molecule has 98 valence electrons. The smallest absolute Gasteiger partial charge is 0.311 e. The Kier molecular flexibility index (Phi) is 4.25. The molecule has 0 bridgehead atoms. The maximum Gasteiger partial charge on any atom is 0.311 e. The summed E-state index contributed by atoms with van der Waals surface area (Å²) < 4.78 is 0. The maximum absolute atomic E-state index is 11.7. The molecular formula is C12H16N2O4. The molecule has 0 aliphatic heterocycles. The van der Waals surface area contributed by atoms with Gasteiger partial charge in [0.05, 0.1) is 5.41 Å². The molecule has 1 aromatic heterocycles. The van der Waals surface area contributed by atoms with Crippen molar-refractivity contribution >= 4 is 11.9 Å². The summed E-state index contributed by atoms with van der Waals surface area (Å²) in [5.74, 6) is -1.42. The number of carbonyl (C=O) groups excluding carboxylic acids is 1. The monoisotopic (exact) mass is 252 g/mol. The van der Waals surface area contributed by atoms with E-state index in [1.807, 2.05) is 0 Å². The highest BCUT2D eigenvalue weighted by molar-refractivity contribution is 5.94. The van der Waals surface area contributed by atoms with E-state index in [0.29, 0.717) is 6.42 Å². The molecule has 0 saturated carbocycles. The standard InChI is InChI=1S/C12H16N2O4/c1-3-12(2,11(17)18)7-14-10(16)8-4-5-13-9(15)6-8/h4-6H,3,7H2,1-2H3,(H,13,15)(H,14,16)(H,17,18). The van der Waals surface area contributed by atoms with Gasteiger partial charge in [0.15, 0.2) is 0 Å². The van der Waals surface area contributed by atoms with Crippen LogP contribution < -0.4 is 10.9 Å². The number of aliphatic carboxylic acids is 1. The van der Waals surface area contributed by atoms with Gasteiger partial charge in [-0.1, -0.05) is 6.92 Å². The van der Waals surface area contributed by atoms with Crippen LogP contribution in [0.2, 0.25) is 0 Å². The molecule has 0 aromatic carbocycles. The molecule has 1 unspecified atom stereocenters. The van der Waals surface area contributed by atoms with Crippen molar-refractivity contribution in [1.29, 1.82) is 0 Å². The first kappa shape index (κ1) is 14.0. The molecule has 0 aliphatic rings. The zero-order chi connectivity index (χ0) is 13.8. The lowest BCUT2D eigenvalue weighted by atomic mass is 9.87. The molecule has 1 heterocycles. The highest BCUT2D eigenvalue weighted by Gasteiger charge is 2.31. The molecule has 1 aromatic rings. The SMILES string of the molecule is CCC(C)(CNC(=O)c1cc[nH]c(=O)c1)C(=O)O. The summed E-state index contributed by atoms with van der Waals surface area (Å²) in [4.78, 5) is 36.2. The van der Waals surface area contributed by atoms with Crippen molar-refractivity contribution in [2.45, 2.75) is 20.3 Å². The van der Waals surface area contributed by atoms with E-state index < -0.39 is 17.3 Å². The Labute approximate surface area is 104 Å². The summed E-state index contributed by atoms with van der Waals surface area (Å²) in [5, 5.41) is 11.6. The van der Waals surface area contributed by atoms with Crippen molar-refractivity contribution in [2.75, 3.05) is 6.54 Å². The molecule has 0 saturated heterocycles. The lowest BCUT2D eigenvalue weighted by Gasteiger charge is -2.23. The number of aromatic amines is 1. The van der Waals surface area contributed by atoms with E-state index in [1.54, 1.807) is 13.8 Å². The molecule has 0 aliphatic carbocycles. The summed E-state index contributed by atoms with van der Waals surface area (Å²) in [7, 11) is 0. The predicted octanol–water partition coefficient (Wildman–Crippen LogP) is 0.606. The van der Waals surface area contributed by atoms with Crippen molar-refractivity contribution < 1.29 is 14.7 Å². The van der Waals surface area contributed by atoms with Gasteiger partial charge in [0, 0.05) is 24.4 Å². The number of hydrogen-bond donors (Lipinski definition) is 3. The molecular weight excluding hydrogens is 236 g/mol. The van der Waals surface area contributed by atoms with Crippen LogP contribution in [-0.4, -0.2) is 28.5 Å². The molecule has 3 N–H and O–H groups in total. The normalized spacial score (nSPS) is 13.7. The zero-order valence-corrected chi connectivity index (χ0v) is 10.3. The highest BCUT2D eigenvalue weighted by Crippen LogP contribution is 2.19. The summed E-state index contributed by atoms with van der Waals surface area (Å²) >= 11 is 0. The topological polar surface area (TPSA) is 99.3 Å². The fourth-order valence-corrected chi connectivity index (χ4v) is 1.32.